The maximum absolute atomic E-state index is 13.2. The third-order valence-electron chi connectivity index (χ3n) is 1.91. The van der Waals surface area contributed by atoms with Gasteiger partial charge in [-0.2, -0.15) is 0 Å². The fourth-order valence-electron chi connectivity index (χ4n) is 1.10. The maximum atomic E-state index is 13.2. The Bertz CT molecular complexity index is 344. The van der Waals surface area contributed by atoms with Crippen molar-refractivity contribution in [3.63, 3.8) is 0 Å². The van der Waals surface area contributed by atoms with Crippen LogP contribution in [0.1, 0.15) is 18.6 Å². The number of phenolic OH excluding ortho intramolecular Hbond substituents is 1. The fraction of sp³-hybridized carbons (Fsp3) is 0.333. The van der Waals surface area contributed by atoms with E-state index in [4.69, 9.17) is 17.3 Å². The van der Waals surface area contributed by atoms with Gasteiger partial charge in [-0.3, -0.25) is 0 Å². The van der Waals surface area contributed by atoms with E-state index in [1.54, 1.807) is 0 Å². The van der Waals surface area contributed by atoms with Gasteiger partial charge in [0.05, 0.1) is 10.6 Å². The van der Waals surface area contributed by atoms with Crippen molar-refractivity contribution in [2.45, 2.75) is 19.1 Å². The molecule has 1 aromatic carbocycles. The Morgan fingerprint density at radius 2 is 2.07 bits per heavy atom. The minimum absolute atomic E-state index is 0.0129. The second-order valence-electron chi connectivity index (χ2n) is 3.10. The molecule has 3 nitrogen and oxygen atoms in total. The minimum Gasteiger partial charge on any atom is -0.506 e. The van der Waals surface area contributed by atoms with Crippen LogP contribution in [-0.4, -0.2) is 16.3 Å². The number of halogens is 2. The van der Waals surface area contributed by atoms with Crippen LogP contribution in [0.3, 0.4) is 0 Å². The third kappa shape index (κ3) is 1.97. The summed E-state index contributed by atoms with van der Waals surface area (Å²) in [6.45, 7) is 1.50. The molecule has 4 N–H and O–H groups in total. The zero-order valence-electron chi connectivity index (χ0n) is 7.54. The lowest BCUT2D eigenvalue weighted by Crippen LogP contribution is -2.25. The molecule has 1 rings (SSSR count). The van der Waals surface area contributed by atoms with Gasteiger partial charge in [0.1, 0.15) is 17.7 Å². The van der Waals surface area contributed by atoms with Crippen molar-refractivity contribution in [1.82, 2.24) is 0 Å². The van der Waals surface area contributed by atoms with Gasteiger partial charge in [-0.15, -0.1) is 0 Å². The Morgan fingerprint density at radius 3 is 2.57 bits per heavy atom. The number of hydrogen-bond donors (Lipinski definition) is 3. The second kappa shape index (κ2) is 4.13. The molecule has 0 fully saturated rings. The average molecular weight is 220 g/mol. The van der Waals surface area contributed by atoms with E-state index in [1.165, 1.54) is 13.0 Å². The van der Waals surface area contributed by atoms with Crippen molar-refractivity contribution in [1.29, 1.82) is 0 Å². The number of rotatable bonds is 2. The molecule has 0 radical (unpaired) electrons. The first-order valence-corrected chi connectivity index (χ1v) is 4.43. The molecule has 0 saturated carbocycles. The first kappa shape index (κ1) is 11.2. The van der Waals surface area contributed by atoms with Crippen molar-refractivity contribution >= 4 is 11.6 Å². The SMILES string of the molecule is CC(N)C(O)c1c(F)ccc(Cl)c1O. The van der Waals surface area contributed by atoms with Crippen molar-refractivity contribution in [2.24, 2.45) is 5.73 Å². The summed E-state index contributed by atoms with van der Waals surface area (Å²) in [6.07, 6.45) is -1.27. The third-order valence-corrected chi connectivity index (χ3v) is 2.21. The largest absolute Gasteiger partial charge is 0.506 e. The molecule has 2 atom stereocenters. The van der Waals surface area contributed by atoms with Gasteiger partial charge in [0.15, 0.2) is 0 Å². The van der Waals surface area contributed by atoms with Gasteiger partial charge >= 0.3 is 0 Å². The molecule has 0 aliphatic heterocycles. The van der Waals surface area contributed by atoms with Crippen LogP contribution in [-0.2, 0) is 0 Å². The predicted octanol–water partition coefficient (Wildman–Crippen LogP) is 1.57. The molecule has 0 aliphatic carbocycles. The molecule has 0 bridgehead atoms. The highest BCUT2D eigenvalue weighted by Gasteiger charge is 2.22. The number of phenols is 1. The summed E-state index contributed by atoms with van der Waals surface area (Å²) in [6, 6.07) is 1.60. The lowest BCUT2D eigenvalue weighted by atomic mass is 10.0. The highest BCUT2D eigenvalue weighted by Crippen LogP contribution is 2.34. The number of aromatic hydroxyl groups is 1. The standard InChI is InChI=1S/C9H11ClFNO2/c1-4(12)8(13)7-6(11)3-2-5(10)9(7)14/h2-4,8,13-14H,12H2,1H3. The molecule has 2 unspecified atom stereocenters. The van der Waals surface area contributed by atoms with Crippen LogP contribution in [0, 0.1) is 5.82 Å². The normalized spacial score (nSPS) is 15.2. The Hall–Kier alpha value is -0.840. The number of aliphatic hydroxyl groups excluding tert-OH is 1. The molecular formula is C9H11ClFNO2. The Kier molecular flexibility index (Phi) is 3.31. The topological polar surface area (TPSA) is 66.5 Å². The van der Waals surface area contributed by atoms with Gasteiger partial charge in [0, 0.05) is 6.04 Å². The number of hydrogen-bond acceptors (Lipinski definition) is 3. The Morgan fingerprint density at radius 1 is 1.50 bits per heavy atom. The quantitative estimate of drug-likeness (QED) is 0.707. The van der Waals surface area contributed by atoms with Gasteiger partial charge in [-0.1, -0.05) is 11.6 Å². The first-order chi connectivity index (χ1) is 6.45. The number of benzene rings is 1. The van der Waals surface area contributed by atoms with Gasteiger partial charge in [-0.25, -0.2) is 4.39 Å². The predicted molar refractivity (Wildman–Crippen MR) is 51.7 cm³/mol. The average Bonchev–Trinajstić information content (AvgIpc) is 2.12. The highest BCUT2D eigenvalue weighted by atomic mass is 35.5. The van der Waals surface area contributed by atoms with Crippen LogP contribution in [0.2, 0.25) is 5.02 Å². The van der Waals surface area contributed by atoms with E-state index in [-0.39, 0.29) is 10.6 Å². The summed E-state index contributed by atoms with van der Waals surface area (Å²) in [5.74, 6) is -1.19. The van der Waals surface area contributed by atoms with E-state index < -0.39 is 23.7 Å². The van der Waals surface area contributed by atoms with Gasteiger partial charge < -0.3 is 15.9 Å². The molecule has 0 aliphatic rings. The van der Waals surface area contributed by atoms with Crippen LogP contribution in [0.15, 0.2) is 12.1 Å². The Labute approximate surface area is 85.9 Å². The molecule has 1 aromatic rings. The smallest absolute Gasteiger partial charge is 0.142 e. The zero-order valence-corrected chi connectivity index (χ0v) is 8.29. The van der Waals surface area contributed by atoms with Crippen LogP contribution in [0.4, 0.5) is 4.39 Å². The van der Waals surface area contributed by atoms with E-state index in [9.17, 15) is 14.6 Å². The van der Waals surface area contributed by atoms with Crippen molar-refractivity contribution in [3.8, 4) is 5.75 Å². The summed E-state index contributed by atoms with van der Waals surface area (Å²) in [5, 5.41) is 18.9. The van der Waals surface area contributed by atoms with Crippen LogP contribution >= 0.6 is 11.6 Å². The molecule has 5 heteroatoms. The molecule has 14 heavy (non-hydrogen) atoms. The van der Waals surface area contributed by atoms with E-state index in [1.807, 2.05) is 0 Å². The monoisotopic (exact) mass is 219 g/mol. The molecule has 0 heterocycles. The van der Waals surface area contributed by atoms with Crippen LogP contribution in [0.25, 0.3) is 0 Å². The zero-order chi connectivity index (χ0) is 10.9. The van der Waals surface area contributed by atoms with Crippen molar-refractivity contribution < 1.29 is 14.6 Å². The van der Waals surface area contributed by atoms with Gasteiger partial charge in [0.2, 0.25) is 0 Å². The summed E-state index contributed by atoms with van der Waals surface area (Å²) >= 11 is 5.57. The van der Waals surface area contributed by atoms with Crippen molar-refractivity contribution in [3.05, 3.63) is 28.5 Å². The number of nitrogens with two attached hydrogens (primary N) is 1. The molecule has 0 aromatic heterocycles. The fourth-order valence-corrected chi connectivity index (χ4v) is 1.27. The van der Waals surface area contributed by atoms with E-state index in [0.717, 1.165) is 6.07 Å². The second-order valence-corrected chi connectivity index (χ2v) is 3.50. The van der Waals surface area contributed by atoms with Crippen LogP contribution < -0.4 is 5.73 Å². The molecule has 0 saturated heterocycles. The lowest BCUT2D eigenvalue weighted by molar-refractivity contribution is 0.145. The van der Waals surface area contributed by atoms with Gasteiger partial charge in [0.25, 0.3) is 0 Å². The summed E-state index contributed by atoms with van der Waals surface area (Å²) < 4.78 is 13.2. The highest BCUT2D eigenvalue weighted by molar-refractivity contribution is 6.32. The van der Waals surface area contributed by atoms with E-state index in [0.29, 0.717) is 0 Å². The molecule has 78 valence electrons. The summed E-state index contributed by atoms with van der Waals surface area (Å²) in [7, 11) is 0. The van der Waals surface area contributed by atoms with E-state index >= 15 is 0 Å². The van der Waals surface area contributed by atoms with Crippen molar-refractivity contribution in [2.75, 3.05) is 0 Å². The molecular weight excluding hydrogens is 209 g/mol. The lowest BCUT2D eigenvalue weighted by Gasteiger charge is -2.17. The Balaban J connectivity index is 3.25. The molecule has 0 spiro atoms. The molecule has 0 amide bonds. The van der Waals surface area contributed by atoms with Crippen LogP contribution in [0.5, 0.6) is 5.75 Å². The summed E-state index contributed by atoms with van der Waals surface area (Å²) in [4.78, 5) is 0. The number of aliphatic hydroxyl groups is 1. The maximum Gasteiger partial charge on any atom is 0.142 e. The first-order valence-electron chi connectivity index (χ1n) is 4.05. The van der Waals surface area contributed by atoms with E-state index in [2.05, 4.69) is 0 Å². The minimum atomic E-state index is -1.27. The summed E-state index contributed by atoms with van der Waals surface area (Å²) in [5.41, 5.74) is 5.13. The van der Waals surface area contributed by atoms with Gasteiger partial charge in [-0.05, 0) is 19.1 Å².